The number of carbonyl (C=O) groups is 2. The summed E-state index contributed by atoms with van der Waals surface area (Å²) in [4.78, 5) is 32.7. The lowest BCUT2D eigenvalue weighted by atomic mass is 9.82. The molecule has 0 fully saturated rings. The summed E-state index contributed by atoms with van der Waals surface area (Å²) >= 11 is 3.51. The third-order valence-electron chi connectivity index (χ3n) is 11.6. The lowest BCUT2D eigenvalue weighted by Crippen LogP contribution is -2.36. The van der Waals surface area contributed by atoms with Gasteiger partial charge in [0.2, 0.25) is 0 Å². The molecule has 0 amide bonds. The fourth-order valence-electron chi connectivity index (χ4n) is 7.85. The molecular weight excluding hydrogens is 781 g/mol. The van der Waals surface area contributed by atoms with E-state index in [4.69, 9.17) is 9.47 Å². The summed E-state index contributed by atoms with van der Waals surface area (Å²) in [6.07, 6.45) is 24.3. The molecule has 338 valence electrons. The summed E-state index contributed by atoms with van der Waals surface area (Å²) in [6.45, 7) is 7.62. The van der Waals surface area contributed by atoms with E-state index in [2.05, 4.69) is 105 Å². The molecule has 60 heavy (non-hydrogen) atoms. The van der Waals surface area contributed by atoms with Gasteiger partial charge in [0, 0.05) is 19.6 Å². The number of rotatable bonds is 32. The van der Waals surface area contributed by atoms with Gasteiger partial charge < -0.3 is 18.4 Å². The third-order valence-corrected chi connectivity index (χ3v) is 14.1. The van der Waals surface area contributed by atoms with Crippen LogP contribution in [0.5, 0.6) is 0 Å². The molecule has 0 spiro atoms. The second-order valence-corrected chi connectivity index (χ2v) is 21.8. The Morgan fingerprint density at radius 1 is 0.483 bits per heavy atom. The molecule has 0 aliphatic heterocycles. The van der Waals surface area contributed by atoms with Crippen molar-refractivity contribution in [3.8, 4) is 0 Å². The predicted octanol–water partition coefficient (Wildman–Crippen LogP) is 13.5. The molecule has 0 heterocycles. The van der Waals surface area contributed by atoms with Crippen LogP contribution < -0.4 is 0 Å². The van der Waals surface area contributed by atoms with E-state index in [0.717, 1.165) is 88.0 Å². The first kappa shape index (κ1) is 52.1. The number of unbranched alkanes of at least 4 members (excludes halogenated alkanes) is 14. The van der Waals surface area contributed by atoms with Gasteiger partial charge in [-0.15, -0.1) is 0 Å². The highest BCUT2D eigenvalue weighted by molar-refractivity contribution is 8.06. The molecule has 0 aromatic heterocycles. The Bertz CT molecular complexity index is 1510. The minimum atomic E-state index is -0.562. The Morgan fingerprint density at radius 3 is 1.22 bits per heavy atom. The van der Waals surface area contributed by atoms with Crippen molar-refractivity contribution in [1.29, 1.82) is 0 Å². The Morgan fingerprint density at radius 2 is 0.817 bits per heavy atom. The van der Waals surface area contributed by atoms with Crippen molar-refractivity contribution in [2.75, 3.05) is 68.6 Å². The number of thioether (sulfide) groups is 2. The maximum atomic E-state index is 14.0. The van der Waals surface area contributed by atoms with E-state index in [1.165, 1.54) is 93.2 Å². The topological polar surface area (TPSA) is 52.6 Å². The normalized spacial score (nSPS) is 16.0. The molecular formula is C52H86N2O4S2+2. The van der Waals surface area contributed by atoms with Crippen LogP contribution in [-0.2, 0) is 31.9 Å². The quantitative estimate of drug-likeness (QED) is 0.0415. The van der Waals surface area contributed by atoms with E-state index < -0.39 is 11.8 Å². The van der Waals surface area contributed by atoms with E-state index in [-0.39, 0.29) is 11.9 Å². The number of hydrogen-bond acceptors (Lipinski definition) is 6. The molecule has 6 nitrogen and oxygen atoms in total. The molecule has 3 rings (SSSR count). The highest BCUT2D eigenvalue weighted by Gasteiger charge is 2.41. The van der Waals surface area contributed by atoms with Crippen LogP contribution in [-0.4, -0.2) is 89.5 Å². The number of aryl methyl sites for hydroxylation is 2. The molecule has 8 heteroatoms. The molecule has 1 aliphatic rings. The lowest BCUT2D eigenvalue weighted by Gasteiger charge is -2.32. The van der Waals surface area contributed by atoms with E-state index in [1.807, 2.05) is 0 Å². The number of quaternary nitrogens is 2. The van der Waals surface area contributed by atoms with Gasteiger partial charge in [0.25, 0.3) is 0 Å². The molecule has 2 aromatic carbocycles. The fourth-order valence-corrected chi connectivity index (χ4v) is 10.1. The molecule has 0 bridgehead atoms. The van der Waals surface area contributed by atoms with Crippen molar-refractivity contribution in [2.24, 2.45) is 11.8 Å². The summed E-state index contributed by atoms with van der Waals surface area (Å²) < 4.78 is 14.0. The van der Waals surface area contributed by atoms with E-state index in [0.29, 0.717) is 26.1 Å². The highest BCUT2D eigenvalue weighted by Crippen LogP contribution is 2.49. The zero-order chi connectivity index (χ0) is 43.6. The summed E-state index contributed by atoms with van der Waals surface area (Å²) in [5.74, 6) is -1.63. The van der Waals surface area contributed by atoms with Gasteiger partial charge in [0.15, 0.2) is 0 Å². The predicted molar refractivity (Wildman–Crippen MR) is 257 cm³/mol. The molecule has 1 aliphatic carbocycles. The van der Waals surface area contributed by atoms with Crippen molar-refractivity contribution in [3.63, 3.8) is 0 Å². The van der Waals surface area contributed by atoms with Crippen LogP contribution in [0.1, 0.15) is 153 Å². The SMILES string of the molecule is CCCCCCCCOC(=O)[C@H]1CC(Sc2ccc(CCCC[N+](C)(C)C)cc2)=C(Sc2ccc(CCCCCCCC)cc2)C[C@@H]1C(=O)OCCCCCC[N+](C)(C)C. The summed E-state index contributed by atoms with van der Waals surface area (Å²) in [5, 5.41) is 0. The fraction of sp³-hybridized carbons (Fsp3) is 0.692. The van der Waals surface area contributed by atoms with Gasteiger partial charge in [-0.3, -0.25) is 9.59 Å². The van der Waals surface area contributed by atoms with Gasteiger partial charge in [-0.1, -0.05) is 126 Å². The zero-order valence-corrected chi connectivity index (χ0v) is 41.1. The first-order chi connectivity index (χ1) is 28.8. The van der Waals surface area contributed by atoms with Crippen LogP contribution in [0.15, 0.2) is 68.1 Å². The first-order valence-electron chi connectivity index (χ1n) is 24.0. The number of esters is 2. The number of hydrogen-bond donors (Lipinski definition) is 0. The molecule has 0 unspecified atom stereocenters. The summed E-state index contributed by atoms with van der Waals surface area (Å²) in [6, 6.07) is 18.0. The van der Waals surface area contributed by atoms with Gasteiger partial charge in [0.1, 0.15) is 0 Å². The molecule has 0 N–H and O–H groups in total. The zero-order valence-electron chi connectivity index (χ0n) is 39.5. The Hall–Kier alpha value is -2.26. The van der Waals surface area contributed by atoms with Crippen molar-refractivity contribution < 1.29 is 28.0 Å². The first-order valence-corrected chi connectivity index (χ1v) is 25.6. The number of benzene rings is 2. The van der Waals surface area contributed by atoms with Gasteiger partial charge in [0.05, 0.1) is 80.4 Å². The highest BCUT2D eigenvalue weighted by atomic mass is 32.2. The molecule has 2 aromatic rings. The average Bonchev–Trinajstić information content (AvgIpc) is 3.20. The van der Waals surface area contributed by atoms with Crippen LogP contribution >= 0.6 is 23.5 Å². The number of ether oxygens (including phenoxy) is 2. The molecule has 0 radical (unpaired) electrons. The summed E-state index contributed by atoms with van der Waals surface area (Å²) in [5.41, 5.74) is 2.74. The van der Waals surface area contributed by atoms with Crippen LogP contribution in [0.3, 0.4) is 0 Å². The number of carbonyl (C=O) groups excluding carboxylic acids is 2. The minimum Gasteiger partial charge on any atom is -0.465 e. The monoisotopic (exact) mass is 867 g/mol. The molecule has 0 saturated carbocycles. The smallest absolute Gasteiger partial charge is 0.310 e. The van der Waals surface area contributed by atoms with Crippen molar-refractivity contribution >= 4 is 35.5 Å². The van der Waals surface area contributed by atoms with Crippen molar-refractivity contribution in [2.45, 2.75) is 165 Å². The molecule has 0 saturated heterocycles. The van der Waals surface area contributed by atoms with Gasteiger partial charge in [-0.05, 0) is 112 Å². The average molecular weight is 867 g/mol. The minimum absolute atomic E-state index is 0.253. The maximum Gasteiger partial charge on any atom is 0.310 e. The second kappa shape index (κ2) is 29.2. The number of allylic oxidation sites excluding steroid dienone is 2. The summed E-state index contributed by atoms with van der Waals surface area (Å²) in [7, 11) is 13.4. The third kappa shape index (κ3) is 22.7. The molecule has 2 atom stereocenters. The van der Waals surface area contributed by atoms with Crippen molar-refractivity contribution in [3.05, 3.63) is 69.5 Å². The Kier molecular flexibility index (Phi) is 25.3. The maximum absolute atomic E-state index is 14.0. The van der Waals surface area contributed by atoms with E-state index in [9.17, 15) is 9.59 Å². The van der Waals surface area contributed by atoms with E-state index >= 15 is 0 Å². The standard InChI is InChI=1S/C52H86N2O4S2/c1-9-11-13-15-17-21-27-43-29-33-45(34-30-43)59-49-42-48(52(56)58-40-26-20-18-23-37-53(3,4)5)47(51(55)57-39-25-19-16-14-12-10-2)41-50(49)60-46-35-31-44(32-36-46)28-22-24-38-54(6,7)8/h29-36,47-48H,9-28,37-42H2,1-8H3/q+2/t47-,48-/m0/s1. The van der Waals surface area contributed by atoms with Crippen LogP contribution in [0.2, 0.25) is 0 Å². The Balaban J connectivity index is 1.80. The number of nitrogens with zero attached hydrogens (tertiary/aromatic N) is 2. The van der Waals surface area contributed by atoms with Crippen LogP contribution in [0.4, 0.5) is 0 Å². The van der Waals surface area contributed by atoms with Crippen molar-refractivity contribution in [1.82, 2.24) is 0 Å². The Labute approximate surface area is 376 Å². The van der Waals surface area contributed by atoms with Crippen LogP contribution in [0.25, 0.3) is 0 Å². The van der Waals surface area contributed by atoms with Crippen LogP contribution in [0, 0.1) is 11.8 Å². The second-order valence-electron chi connectivity index (χ2n) is 19.5. The van der Waals surface area contributed by atoms with Gasteiger partial charge in [-0.25, -0.2) is 0 Å². The van der Waals surface area contributed by atoms with Gasteiger partial charge >= 0.3 is 11.9 Å². The largest absolute Gasteiger partial charge is 0.465 e. The van der Waals surface area contributed by atoms with Gasteiger partial charge in [-0.2, -0.15) is 0 Å². The van der Waals surface area contributed by atoms with E-state index in [1.54, 1.807) is 23.5 Å². The lowest BCUT2D eigenvalue weighted by molar-refractivity contribution is -0.870.